The summed E-state index contributed by atoms with van der Waals surface area (Å²) in [6, 6.07) is 0. The highest BCUT2D eigenvalue weighted by Crippen LogP contribution is 2.42. The van der Waals surface area contributed by atoms with Crippen molar-refractivity contribution in [1.82, 2.24) is 0 Å². The second-order valence-electron chi connectivity index (χ2n) is 4.25. The van der Waals surface area contributed by atoms with Crippen LogP contribution in [0.15, 0.2) is 0 Å². The maximum Gasteiger partial charge on any atom is 0.00339 e. The SMILES string of the molecule is CC1(C)CCC(CCBr)C1. The quantitative estimate of drug-likeness (QED) is 0.604. The third kappa shape index (κ3) is 2.26. The Morgan fingerprint density at radius 2 is 2.20 bits per heavy atom. The molecular weight excluding hydrogens is 188 g/mol. The van der Waals surface area contributed by atoms with Crippen LogP contribution < -0.4 is 0 Å². The van der Waals surface area contributed by atoms with Crippen molar-refractivity contribution in [2.75, 3.05) is 5.33 Å². The molecule has 1 heteroatoms. The summed E-state index contributed by atoms with van der Waals surface area (Å²) in [5, 5.41) is 1.19. The summed E-state index contributed by atoms with van der Waals surface area (Å²) in [6.07, 6.45) is 5.71. The fraction of sp³-hybridized carbons (Fsp3) is 1.00. The van der Waals surface area contributed by atoms with Crippen LogP contribution in [0, 0.1) is 11.3 Å². The van der Waals surface area contributed by atoms with Gasteiger partial charge in [-0.1, -0.05) is 29.8 Å². The predicted octanol–water partition coefficient (Wildman–Crippen LogP) is 3.60. The van der Waals surface area contributed by atoms with Gasteiger partial charge in [0.1, 0.15) is 0 Å². The van der Waals surface area contributed by atoms with Gasteiger partial charge < -0.3 is 0 Å². The van der Waals surface area contributed by atoms with Gasteiger partial charge >= 0.3 is 0 Å². The lowest BCUT2D eigenvalue weighted by atomic mass is 9.90. The topological polar surface area (TPSA) is 0 Å². The molecule has 0 heterocycles. The van der Waals surface area contributed by atoms with Crippen molar-refractivity contribution in [3.63, 3.8) is 0 Å². The van der Waals surface area contributed by atoms with Crippen molar-refractivity contribution < 1.29 is 0 Å². The molecule has 0 radical (unpaired) electrons. The van der Waals surface area contributed by atoms with Gasteiger partial charge in [-0.3, -0.25) is 0 Å². The summed E-state index contributed by atoms with van der Waals surface area (Å²) in [5.74, 6) is 1.01. The predicted molar refractivity (Wildman–Crippen MR) is 49.5 cm³/mol. The van der Waals surface area contributed by atoms with E-state index in [2.05, 4.69) is 29.8 Å². The minimum Gasteiger partial charge on any atom is -0.0928 e. The van der Waals surface area contributed by atoms with Crippen LogP contribution in [-0.4, -0.2) is 5.33 Å². The Labute approximate surface area is 72.5 Å². The molecular formula is C9H17Br. The molecule has 1 fully saturated rings. The Balaban J connectivity index is 2.29. The van der Waals surface area contributed by atoms with Gasteiger partial charge in [0.05, 0.1) is 0 Å². The highest BCUT2D eigenvalue weighted by Gasteiger charge is 2.29. The molecule has 0 saturated heterocycles. The van der Waals surface area contributed by atoms with Crippen LogP contribution in [-0.2, 0) is 0 Å². The fourth-order valence-corrected chi connectivity index (χ4v) is 2.63. The molecule has 0 N–H and O–H groups in total. The highest BCUT2D eigenvalue weighted by atomic mass is 79.9. The molecule has 0 aliphatic heterocycles. The van der Waals surface area contributed by atoms with Crippen LogP contribution in [0.25, 0.3) is 0 Å². The molecule has 1 atom stereocenters. The van der Waals surface area contributed by atoms with E-state index in [1.807, 2.05) is 0 Å². The Bertz CT molecular complexity index is 107. The Kier molecular flexibility index (Phi) is 2.79. The Morgan fingerprint density at radius 1 is 1.50 bits per heavy atom. The van der Waals surface area contributed by atoms with Crippen LogP contribution in [0.4, 0.5) is 0 Å². The van der Waals surface area contributed by atoms with E-state index in [1.165, 1.54) is 31.0 Å². The minimum absolute atomic E-state index is 0.646. The molecule has 0 nitrogen and oxygen atoms in total. The van der Waals surface area contributed by atoms with Crippen molar-refractivity contribution in [1.29, 1.82) is 0 Å². The molecule has 60 valence electrons. The van der Waals surface area contributed by atoms with Crippen LogP contribution >= 0.6 is 15.9 Å². The molecule has 0 aromatic rings. The zero-order valence-corrected chi connectivity index (χ0v) is 8.58. The number of rotatable bonds is 2. The van der Waals surface area contributed by atoms with E-state index in [0.717, 1.165) is 5.92 Å². The van der Waals surface area contributed by atoms with Gasteiger partial charge in [0.15, 0.2) is 0 Å². The first-order chi connectivity index (χ1) is 4.64. The normalized spacial score (nSPS) is 30.9. The molecule has 0 aromatic heterocycles. The summed E-state index contributed by atoms with van der Waals surface area (Å²) in [5.41, 5.74) is 0.646. The molecule has 0 spiro atoms. The van der Waals surface area contributed by atoms with Crippen molar-refractivity contribution in [3.8, 4) is 0 Å². The monoisotopic (exact) mass is 204 g/mol. The lowest BCUT2D eigenvalue weighted by Crippen LogP contribution is -2.05. The van der Waals surface area contributed by atoms with Gasteiger partial charge in [0.25, 0.3) is 0 Å². The van der Waals surface area contributed by atoms with Crippen molar-refractivity contribution in [2.24, 2.45) is 11.3 Å². The summed E-state index contributed by atoms with van der Waals surface area (Å²) in [7, 11) is 0. The minimum atomic E-state index is 0.646. The summed E-state index contributed by atoms with van der Waals surface area (Å²) < 4.78 is 0. The van der Waals surface area contributed by atoms with Crippen LogP contribution in [0.3, 0.4) is 0 Å². The first-order valence-corrected chi connectivity index (χ1v) is 5.32. The van der Waals surface area contributed by atoms with E-state index < -0.39 is 0 Å². The lowest BCUT2D eigenvalue weighted by Gasteiger charge is -2.16. The maximum atomic E-state index is 3.50. The average Bonchev–Trinajstić information content (AvgIpc) is 2.12. The fourth-order valence-electron chi connectivity index (χ4n) is 1.98. The van der Waals surface area contributed by atoms with E-state index in [9.17, 15) is 0 Å². The Hall–Kier alpha value is 0.480. The van der Waals surface area contributed by atoms with Crippen LogP contribution in [0.5, 0.6) is 0 Å². The van der Waals surface area contributed by atoms with Crippen molar-refractivity contribution in [3.05, 3.63) is 0 Å². The van der Waals surface area contributed by atoms with E-state index >= 15 is 0 Å². The second-order valence-corrected chi connectivity index (χ2v) is 5.04. The molecule has 1 rings (SSSR count). The summed E-state index contributed by atoms with van der Waals surface area (Å²) in [6.45, 7) is 4.78. The largest absolute Gasteiger partial charge is 0.0928 e. The molecule has 10 heavy (non-hydrogen) atoms. The van der Waals surface area contributed by atoms with Gasteiger partial charge in [-0.25, -0.2) is 0 Å². The zero-order valence-electron chi connectivity index (χ0n) is 6.99. The first kappa shape index (κ1) is 8.58. The van der Waals surface area contributed by atoms with E-state index in [4.69, 9.17) is 0 Å². The number of halogens is 1. The molecule has 0 amide bonds. The smallest absolute Gasteiger partial charge is 0.00339 e. The first-order valence-electron chi connectivity index (χ1n) is 4.20. The highest BCUT2D eigenvalue weighted by molar-refractivity contribution is 9.09. The molecule has 1 aliphatic rings. The van der Waals surface area contributed by atoms with E-state index in [-0.39, 0.29) is 0 Å². The third-order valence-corrected chi connectivity index (χ3v) is 3.05. The standard InChI is InChI=1S/C9H17Br/c1-9(2)5-3-8(7-9)4-6-10/h8H,3-7H2,1-2H3. The van der Waals surface area contributed by atoms with E-state index in [1.54, 1.807) is 0 Å². The molecule has 0 bridgehead atoms. The van der Waals surface area contributed by atoms with Crippen LogP contribution in [0.2, 0.25) is 0 Å². The van der Waals surface area contributed by atoms with Gasteiger partial charge in [0, 0.05) is 5.33 Å². The number of hydrogen-bond donors (Lipinski definition) is 0. The van der Waals surface area contributed by atoms with Gasteiger partial charge in [-0.05, 0) is 37.0 Å². The molecule has 1 aliphatic carbocycles. The van der Waals surface area contributed by atoms with Gasteiger partial charge in [-0.2, -0.15) is 0 Å². The average molecular weight is 205 g/mol. The number of alkyl halides is 1. The van der Waals surface area contributed by atoms with Crippen molar-refractivity contribution >= 4 is 15.9 Å². The zero-order chi connectivity index (χ0) is 7.61. The molecule has 1 unspecified atom stereocenters. The summed E-state index contributed by atoms with van der Waals surface area (Å²) >= 11 is 3.50. The molecule has 1 saturated carbocycles. The molecule has 0 aromatic carbocycles. The third-order valence-electron chi connectivity index (χ3n) is 2.59. The Morgan fingerprint density at radius 3 is 2.60 bits per heavy atom. The van der Waals surface area contributed by atoms with Gasteiger partial charge in [-0.15, -0.1) is 0 Å². The van der Waals surface area contributed by atoms with Crippen LogP contribution in [0.1, 0.15) is 39.5 Å². The van der Waals surface area contributed by atoms with E-state index in [0.29, 0.717) is 5.41 Å². The van der Waals surface area contributed by atoms with Gasteiger partial charge in [0.2, 0.25) is 0 Å². The lowest BCUT2D eigenvalue weighted by molar-refractivity contribution is 0.358. The maximum absolute atomic E-state index is 3.50. The summed E-state index contributed by atoms with van der Waals surface area (Å²) in [4.78, 5) is 0. The second kappa shape index (κ2) is 3.25. The number of hydrogen-bond acceptors (Lipinski definition) is 0. The van der Waals surface area contributed by atoms with Crippen molar-refractivity contribution in [2.45, 2.75) is 39.5 Å².